The lowest BCUT2D eigenvalue weighted by molar-refractivity contribution is 0.0318. The van der Waals surface area contributed by atoms with E-state index in [4.69, 9.17) is 4.74 Å². The van der Waals surface area contributed by atoms with Gasteiger partial charge in [0.1, 0.15) is 5.60 Å². The second-order valence-corrected chi connectivity index (χ2v) is 8.17. The van der Waals surface area contributed by atoms with Gasteiger partial charge in [0.05, 0.1) is 6.61 Å². The normalized spacial score (nSPS) is 11.7. The topological polar surface area (TPSA) is 53.2 Å². The second kappa shape index (κ2) is 10.3. The summed E-state index contributed by atoms with van der Waals surface area (Å²) in [6.07, 6.45) is 5.39. The molecule has 5 nitrogen and oxygen atoms in total. The van der Waals surface area contributed by atoms with E-state index in [2.05, 4.69) is 36.4 Å². The molecular formula is C29H28N2O3. The molecule has 1 aromatic heterocycles. The number of benzene rings is 3. The van der Waals surface area contributed by atoms with Crippen LogP contribution in [-0.2, 0) is 23.9 Å². The lowest BCUT2D eigenvalue weighted by Gasteiger charge is -2.35. The summed E-state index contributed by atoms with van der Waals surface area (Å²) in [5, 5.41) is 0. The van der Waals surface area contributed by atoms with Crippen molar-refractivity contribution in [3.8, 4) is 0 Å². The van der Waals surface area contributed by atoms with Gasteiger partial charge in [0.15, 0.2) is 0 Å². The smallest absolute Gasteiger partial charge is 0.331 e. The van der Waals surface area contributed by atoms with Gasteiger partial charge in [-0.3, -0.25) is 13.9 Å². The summed E-state index contributed by atoms with van der Waals surface area (Å²) in [5.74, 6) is 0. The van der Waals surface area contributed by atoms with Gasteiger partial charge < -0.3 is 4.74 Å². The molecule has 0 amide bonds. The van der Waals surface area contributed by atoms with Gasteiger partial charge in [-0.1, -0.05) is 103 Å². The number of nitrogens with zero attached hydrogens (tertiary/aromatic N) is 2. The van der Waals surface area contributed by atoms with Gasteiger partial charge in [-0.05, 0) is 23.6 Å². The van der Waals surface area contributed by atoms with Crippen LogP contribution in [0.1, 0.15) is 22.3 Å². The summed E-state index contributed by atoms with van der Waals surface area (Å²) in [7, 11) is 1.49. The first kappa shape index (κ1) is 23.2. The summed E-state index contributed by atoms with van der Waals surface area (Å²) in [6, 6.07) is 30.6. The molecule has 34 heavy (non-hydrogen) atoms. The van der Waals surface area contributed by atoms with Crippen molar-refractivity contribution < 1.29 is 4.74 Å². The lowest BCUT2D eigenvalue weighted by Crippen LogP contribution is -2.38. The molecule has 0 aliphatic heterocycles. The van der Waals surface area contributed by atoms with Crippen LogP contribution in [0.2, 0.25) is 0 Å². The highest BCUT2D eigenvalue weighted by Gasteiger charge is 2.37. The molecule has 0 aliphatic carbocycles. The summed E-state index contributed by atoms with van der Waals surface area (Å²) >= 11 is 0. The minimum atomic E-state index is -0.793. The highest BCUT2D eigenvalue weighted by atomic mass is 16.5. The van der Waals surface area contributed by atoms with E-state index in [-0.39, 0.29) is 11.2 Å². The largest absolute Gasteiger partial charge is 0.357 e. The van der Waals surface area contributed by atoms with E-state index in [1.807, 2.05) is 66.7 Å². The van der Waals surface area contributed by atoms with E-state index in [0.717, 1.165) is 21.3 Å². The van der Waals surface area contributed by atoms with Gasteiger partial charge in [-0.2, -0.15) is 0 Å². The fraction of sp³-hybridized carbons (Fsp3) is 0.172. The Morgan fingerprint density at radius 1 is 0.765 bits per heavy atom. The molecule has 4 rings (SSSR count). The van der Waals surface area contributed by atoms with Crippen molar-refractivity contribution in [2.24, 2.45) is 7.05 Å². The van der Waals surface area contributed by atoms with Crippen LogP contribution in [0.15, 0.2) is 119 Å². The number of allylic oxidation sites excluding steroid dienone is 1. The molecule has 172 valence electrons. The molecule has 0 radical (unpaired) electrons. The van der Waals surface area contributed by atoms with Crippen LogP contribution < -0.4 is 11.2 Å². The molecule has 3 aromatic carbocycles. The predicted octanol–water partition coefficient (Wildman–Crippen LogP) is 4.42. The average molecular weight is 453 g/mol. The summed E-state index contributed by atoms with van der Waals surface area (Å²) < 4.78 is 9.34. The standard InChI is InChI=1S/C29H28N2O3/c1-23-22-31(28(33)30(2)27(23)32)20-12-13-21-34-29(24-14-6-3-7-15-24,25-16-8-4-9-17-25)26-18-10-5-11-19-26/h3-19,22H,20-21H2,1-2H3/b13-12-. The van der Waals surface area contributed by atoms with Gasteiger partial charge in [0, 0.05) is 25.4 Å². The zero-order chi connectivity index (χ0) is 24.0. The lowest BCUT2D eigenvalue weighted by atomic mass is 9.80. The molecule has 0 aliphatic rings. The summed E-state index contributed by atoms with van der Waals surface area (Å²) in [4.78, 5) is 24.3. The van der Waals surface area contributed by atoms with Crippen molar-refractivity contribution in [3.05, 3.63) is 152 Å². The highest BCUT2D eigenvalue weighted by Crippen LogP contribution is 2.40. The average Bonchev–Trinajstić information content (AvgIpc) is 2.89. The van der Waals surface area contributed by atoms with Crippen LogP contribution >= 0.6 is 0 Å². The van der Waals surface area contributed by atoms with Crippen LogP contribution in [0.4, 0.5) is 0 Å². The third-order valence-corrected chi connectivity index (χ3v) is 5.93. The Morgan fingerprint density at radius 2 is 1.24 bits per heavy atom. The second-order valence-electron chi connectivity index (χ2n) is 8.17. The maximum absolute atomic E-state index is 12.4. The quantitative estimate of drug-likeness (QED) is 0.294. The van der Waals surface area contributed by atoms with Crippen molar-refractivity contribution in [1.82, 2.24) is 9.13 Å². The number of ether oxygens (including phenoxy) is 1. The molecule has 0 N–H and O–H groups in total. The van der Waals surface area contributed by atoms with Crippen molar-refractivity contribution in [2.45, 2.75) is 19.1 Å². The highest BCUT2D eigenvalue weighted by molar-refractivity contribution is 5.47. The molecule has 4 aromatic rings. The molecular weight excluding hydrogens is 424 g/mol. The molecule has 0 fully saturated rings. The number of aromatic nitrogens is 2. The number of hydrogen-bond acceptors (Lipinski definition) is 3. The van der Waals surface area contributed by atoms with Crippen molar-refractivity contribution in [2.75, 3.05) is 6.61 Å². The number of aryl methyl sites for hydroxylation is 1. The van der Waals surface area contributed by atoms with Gasteiger partial charge in [-0.25, -0.2) is 4.79 Å². The van der Waals surface area contributed by atoms with Gasteiger partial charge in [0.2, 0.25) is 0 Å². The van der Waals surface area contributed by atoms with Crippen molar-refractivity contribution in [1.29, 1.82) is 0 Å². The van der Waals surface area contributed by atoms with E-state index in [0.29, 0.717) is 18.7 Å². The van der Waals surface area contributed by atoms with E-state index in [1.54, 1.807) is 13.1 Å². The molecule has 0 spiro atoms. The Bertz CT molecular complexity index is 1280. The number of hydrogen-bond donors (Lipinski definition) is 0. The summed E-state index contributed by atoms with van der Waals surface area (Å²) in [5.41, 5.74) is 2.23. The first-order valence-electron chi connectivity index (χ1n) is 11.3. The van der Waals surface area contributed by atoms with Gasteiger partial charge in [0.25, 0.3) is 5.56 Å². The van der Waals surface area contributed by atoms with Crippen LogP contribution in [0.5, 0.6) is 0 Å². The van der Waals surface area contributed by atoms with E-state index in [1.165, 1.54) is 11.6 Å². The molecule has 0 atom stereocenters. The van der Waals surface area contributed by atoms with Crippen LogP contribution in [-0.4, -0.2) is 15.7 Å². The third-order valence-electron chi connectivity index (χ3n) is 5.93. The van der Waals surface area contributed by atoms with E-state index >= 15 is 0 Å². The molecule has 5 heteroatoms. The minimum Gasteiger partial charge on any atom is -0.357 e. The van der Waals surface area contributed by atoms with Crippen LogP contribution in [0, 0.1) is 6.92 Å². The minimum absolute atomic E-state index is 0.271. The zero-order valence-corrected chi connectivity index (χ0v) is 19.4. The van der Waals surface area contributed by atoms with Crippen molar-refractivity contribution >= 4 is 0 Å². The molecule has 0 unspecified atom stereocenters. The van der Waals surface area contributed by atoms with E-state index in [9.17, 15) is 9.59 Å². The molecule has 0 saturated heterocycles. The zero-order valence-electron chi connectivity index (χ0n) is 19.4. The SMILES string of the molecule is Cc1cn(C/C=C\COC(c2ccccc2)(c2ccccc2)c2ccccc2)c(=O)n(C)c1=O. The first-order valence-corrected chi connectivity index (χ1v) is 11.3. The van der Waals surface area contributed by atoms with Gasteiger partial charge >= 0.3 is 5.69 Å². The Balaban J connectivity index is 1.66. The first-order chi connectivity index (χ1) is 16.5. The summed E-state index contributed by atoms with van der Waals surface area (Å²) in [6.45, 7) is 2.39. The Kier molecular flexibility index (Phi) is 7.04. The number of rotatable bonds is 8. The maximum Gasteiger partial charge on any atom is 0.331 e. The third kappa shape index (κ3) is 4.56. The van der Waals surface area contributed by atoms with Crippen molar-refractivity contribution in [3.63, 3.8) is 0 Å². The predicted molar refractivity (Wildman–Crippen MR) is 135 cm³/mol. The monoisotopic (exact) mass is 452 g/mol. The molecule has 1 heterocycles. The fourth-order valence-corrected chi connectivity index (χ4v) is 4.22. The Morgan fingerprint density at radius 3 is 1.71 bits per heavy atom. The van der Waals surface area contributed by atoms with Crippen LogP contribution in [0.25, 0.3) is 0 Å². The molecule has 0 saturated carbocycles. The van der Waals surface area contributed by atoms with E-state index < -0.39 is 5.60 Å². The fourth-order valence-electron chi connectivity index (χ4n) is 4.22. The van der Waals surface area contributed by atoms with Crippen LogP contribution in [0.3, 0.4) is 0 Å². The Labute approximate surface area is 199 Å². The Hall–Kier alpha value is -3.96. The maximum atomic E-state index is 12.4. The van der Waals surface area contributed by atoms with Gasteiger partial charge in [-0.15, -0.1) is 0 Å². The molecule has 0 bridgehead atoms.